The summed E-state index contributed by atoms with van der Waals surface area (Å²) in [7, 11) is 0. The zero-order chi connectivity index (χ0) is 23.7. The number of carbonyl (C=O) groups excluding carboxylic acids is 2. The maximum atomic E-state index is 13.2. The van der Waals surface area contributed by atoms with Gasteiger partial charge in [-0.3, -0.25) is 9.59 Å². The third-order valence-electron chi connectivity index (χ3n) is 4.81. The molecule has 0 bridgehead atoms. The molecule has 1 saturated heterocycles. The van der Waals surface area contributed by atoms with Crippen LogP contribution in [0.3, 0.4) is 0 Å². The van der Waals surface area contributed by atoms with Crippen molar-refractivity contribution in [2.75, 3.05) is 5.32 Å². The maximum absolute atomic E-state index is 13.2. The van der Waals surface area contributed by atoms with Crippen LogP contribution in [0, 0.1) is 5.41 Å². The lowest BCUT2D eigenvalue weighted by Gasteiger charge is -2.28. The Morgan fingerprint density at radius 3 is 2.69 bits per heavy atom. The van der Waals surface area contributed by atoms with Crippen LogP contribution in [0.2, 0.25) is 5.02 Å². The Morgan fingerprint density at radius 1 is 1.31 bits per heavy atom. The van der Waals surface area contributed by atoms with Gasteiger partial charge in [-0.2, -0.15) is 18.3 Å². The van der Waals surface area contributed by atoms with Crippen LogP contribution in [0.1, 0.15) is 45.6 Å². The molecule has 32 heavy (non-hydrogen) atoms. The molecule has 1 unspecified atom stereocenters. The van der Waals surface area contributed by atoms with Gasteiger partial charge in [-0.05, 0) is 49.5 Å². The smallest absolute Gasteiger partial charge is 0.325 e. The van der Waals surface area contributed by atoms with Crippen molar-refractivity contribution in [1.29, 1.82) is 0 Å². The van der Waals surface area contributed by atoms with Crippen LogP contribution in [-0.4, -0.2) is 27.9 Å². The molecule has 0 aromatic heterocycles. The monoisotopic (exact) mass is 486 g/mol. The summed E-state index contributed by atoms with van der Waals surface area (Å²) in [4.78, 5) is 24.5. The predicted octanol–water partition coefficient (Wildman–Crippen LogP) is 5.40. The second-order valence-corrected chi connectivity index (χ2v) is 10.2. The van der Waals surface area contributed by atoms with Gasteiger partial charge >= 0.3 is 6.18 Å². The highest BCUT2D eigenvalue weighted by Crippen LogP contribution is 2.37. The van der Waals surface area contributed by atoms with Crippen molar-refractivity contribution >= 4 is 51.7 Å². The molecular weight excluding hydrogens is 465 g/mol. The highest BCUT2D eigenvalue weighted by atomic mass is 35.5. The van der Waals surface area contributed by atoms with Crippen molar-refractivity contribution in [3.8, 4) is 0 Å². The molecule has 2 N–H and O–H groups in total. The summed E-state index contributed by atoms with van der Waals surface area (Å²) in [6.45, 7) is 6.30. The Morgan fingerprint density at radius 2 is 2.03 bits per heavy atom. The Kier molecular flexibility index (Phi) is 7.04. The third-order valence-corrected chi connectivity index (χ3v) is 6.12. The number of carbonyl (C=O) groups is 2. The lowest BCUT2D eigenvalue weighted by atomic mass is 9.77. The lowest BCUT2D eigenvalue weighted by molar-refractivity contribution is -0.137. The Balaban J connectivity index is 1.66. The van der Waals surface area contributed by atoms with Gasteiger partial charge in [0.05, 0.1) is 17.0 Å². The summed E-state index contributed by atoms with van der Waals surface area (Å²) >= 11 is 6.66. The van der Waals surface area contributed by atoms with E-state index in [2.05, 4.69) is 34.7 Å². The Hall–Kier alpha value is -2.33. The van der Waals surface area contributed by atoms with E-state index in [1.807, 2.05) is 13.0 Å². The molecule has 2 amide bonds. The molecule has 11 heteroatoms. The number of hydrogen-bond donors (Lipinski definition) is 2. The van der Waals surface area contributed by atoms with E-state index in [9.17, 15) is 22.8 Å². The van der Waals surface area contributed by atoms with E-state index in [0.717, 1.165) is 42.4 Å². The minimum absolute atomic E-state index is 0.0709. The summed E-state index contributed by atoms with van der Waals surface area (Å²) < 4.78 is 39.6. The molecule has 1 heterocycles. The molecule has 3 rings (SSSR count). The second kappa shape index (κ2) is 9.27. The normalized spacial score (nSPS) is 23.3. The SMILES string of the molecule is CC1=CC(=NN=C2NC(=O)C(CC(=O)Nc3ccc(Cl)cc3C(F)(F)F)S2)CC(C)(C)C1. The molecule has 0 radical (unpaired) electrons. The molecule has 1 atom stereocenters. The number of rotatable bonds is 4. The van der Waals surface area contributed by atoms with Crippen molar-refractivity contribution in [2.24, 2.45) is 15.6 Å². The predicted molar refractivity (Wildman–Crippen MR) is 121 cm³/mol. The molecular formula is C21H22ClF3N4O2S. The van der Waals surface area contributed by atoms with E-state index in [-0.39, 0.29) is 22.0 Å². The van der Waals surface area contributed by atoms with Gasteiger partial charge in [-0.25, -0.2) is 0 Å². The lowest BCUT2D eigenvalue weighted by Crippen LogP contribution is -2.28. The van der Waals surface area contributed by atoms with Crippen molar-refractivity contribution < 1.29 is 22.8 Å². The highest BCUT2D eigenvalue weighted by molar-refractivity contribution is 8.15. The van der Waals surface area contributed by atoms with Crippen LogP contribution >= 0.6 is 23.4 Å². The number of nitrogens with zero attached hydrogens (tertiary/aromatic N) is 2. The fraction of sp³-hybridized carbons (Fsp3) is 0.429. The average molecular weight is 487 g/mol. The van der Waals surface area contributed by atoms with Gasteiger partial charge in [-0.1, -0.05) is 42.8 Å². The molecule has 1 aromatic carbocycles. The van der Waals surface area contributed by atoms with Gasteiger partial charge in [0.2, 0.25) is 11.8 Å². The van der Waals surface area contributed by atoms with Crippen LogP contribution in [0.15, 0.2) is 40.1 Å². The minimum atomic E-state index is -4.69. The number of hydrogen-bond acceptors (Lipinski definition) is 5. The number of amidine groups is 1. The first-order valence-electron chi connectivity index (χ1n) is 9.78. The number of amides is 2. The number of alkyl halides is 3. The van der Waals surface area contributed by atoms with Gasteiger partial charge in [0.15, 0.2) is 5.17 Å². The van der Waals surface area contributed by atoms with E-state index in [0.29, 0.717) is 0 Å². The first-order chi connectivity index (χ1) is 14.8. The van der Waals surface area contributed by atoms with Gasteiger partial charge in [-0.15, -0.1) is 5.10 Å². The standard InChI is InChI=1S/C21H22ClF3N4O2S/c1-11-6-13(10-20(2,3)9-11)28-29-19-27-18(31)16(32-19)8-17(30)26-15-5-4-12(22)7-14(15)21(23,24)25/h4-7,16H,8-10H2,1-3H3,(H,26,30)(H,27,29,31). The quantitative estimate of drug-likeness (QED) is 0.559. The van der Waals surface area contributed by atoms with E-state index in [1.54, 1.807) is 0 Å². The van der Waals surface area contributed by atoms with Gasteiger partial charge < -0.3 is 10.6 Å². The molecule has 2 aliphatic rings. The minimum Gasteiger partial charge on any atom is -0.325 e. The van der Waals surface area contributed by atoms with Crippen LogP contribution in [-0.2, 0) is 15.8 Å². The van der Waals surface area contributed by atoms with E-state index < -0.39 is 34.5 Å². The molecule has 6 nitrogen and oxygen atoms in total. The fourth-order valence-corrected chi connectivity index (χ4v) is 4.77. The zero-order valence-electron chi connectivity index (χ0n) is 17.6. The zero-order valence-corrected chi connectivity index (χ0v) is 19.2. The second-order valence-electron chi connectivity index (χ2n) is 8.54. The Labute approximate surface area is 192 Å². The summed E-state index contributed by atoms with van der Waals surface area (Å²) in [6, 6.07) is 3.06. The number of nitrogens with one attached hydrogen (secondary N) is 2. The molecule has 1 aliphatic heterocycles. The van der Waals surface area contributed by atoms with Crippen LogP contribution in [0.4, 0.5) is 18.9 Å². The van der Waals surface area contributed by atoms with E-state index in [4.69, 9.17) is 11.6 Å². The van der Waals surface area contributed by atoms with E-state index in [1.165, 1.54) is 11.6 Å². The molecule has 1 fully saturated rings. The maximum Gasteiger partial charge on any atom is 0.418 e. The molecule has 0 saturated carbocycles. The largest absolute Gasteiger partial charge is 0.418 e. The van der Waals surface area contributed by atoms with Crippen LogP contribution in [0.5, 0.6) is 0 Å². The molecule has 172 valence electrons. The van der Waals surface area contributed by atoms with Crippen LogP contribution < -0.4 is 10.6 Å². The number of halogens is 4. The van der Waals surface area contributed by atoms with Crippen molar-refractivity contribution in [3.05, 3.63) is 40.4 Å². The number of allylic oxidation sites excluding steroid dienone is 2. The fourth-order valence-electron chi connectivity index (χ4n) is 3.68. The molecule has 0 spiro atoms. The number of benzene rings is 1. The van der Waals surface area contributed by atoms with Crippen molar-refractivity contribution in [3.63, 3.8) is 0 Å². The topological polar surface area (TPSA) is 82.9 Å². The van der Waals surface area contributed by atoms with E-state index >= 15 is 0 Å². The Bertz CT molecular complexity index is 1030. The number of thioether (sulfide) groups is 1. The molecule has 1 aromatic rings. The first kappa shape index (κ1) is 24.3. The summed E-state index contributed by atoms with van der Waals surface area (Å²) in [6.07, 6.45) is -1.33. The van der Waals surface area contributed by atoms with Crippen molar-refractivity contribution in [2.45, 2.75) is 51.5 Å². The van der Waals surface area contributed by atoms with Crippen molar-refractivity contribution in [1.82, 2.24) is 5.32 Å². The average Bonchev–Trinajstić information content (AvgIpc) is 2.98. The van der Waals surface area contributed by atoms with Crippen LogP contribution in [0.25, 0.3) is 0 Å². The van der Waals surface area contributed by atoms with Gasteiger partial charge in [0.1, 0.15) is 5.25 Å². The summed E-state index contributed by atoms with van der Waals surface area (Å²) in [5.74, 6) is -1.18. The summed E-state index contributed by atoms with van der Waals surface area (Å²) in [5, 5.41) is 12.4. The van der Waals surface area contributed by atoms with Gasteiger partial charge in [0.25, 0.3) is 0 Å². The summed E-state index contributed by atoms with van der Waals surface area (Å²) in [5.41, 5.74) is 0.584. The highest BCUT2D eigenvalue weighted by Gasteiger charge is 2.36. The molecule has 1 aliphatic carbocycles. The number of anilines is 1. The van der Waals surface area contributed by atoms with Gasteiger partial charge in [0, 0.05) is 11.4 Å². The third kappa shape index (κ3) is 6.35. The first-order valence-corrected chi connectivity index (χ1v) is 11.0.